The van der Waals surface area contributed by atoms with Gasteiger partial charge in [0.15, 0.2) is 11.6 Å². The number of anilines is 1. The van der Waals surface area contributed by atoms with Gasteiger partial charge in [-0.15, -0.1) is 0 Å². The van der Waals surface area contributed by atoms with Crippen molar-refractivity contribution in [3.8, 4) is 11.5 Å². The molecule has 0 atom stereocenters. The van der Waals surface area contributed by atoms with Crippen LogP contribution in [-0.4, -0.2) is 49.9 Å². The number of halogens is 1. The highest BCUT2D eigenvalue weighted by atomic mass is 32.1. The van der Waals surface area contributed by atoms with Crippen molar-refractivity contribution in [2.45, 2.75) is 13.0 Å². The van der Waals surface area contributed by atoms with Gasteiger partial charge in [0.25, 0.3) is 5.91 Å². The van der Waals surface area contributed by atoms with E-state index in [-0.39, 0.29) is 16.6 Å². The Morgan fingerprint density at radius 2 is 2.12 bits per heavy atom. The van der Waals surface area contributed by atoms with Crippen molar-refractivity contribution >= 4 is 28.8 Å². The third kappa shape index (κ3) is 5.71. The van der Waals surface area contributed by atoms with Gasteiger partial charge in [-0.05, 0) is 18.2 Å². The molecular weight excluding hydrogens is 435 g/mol. The number of hydrogen-bond donors (Lipinski definition) is 3. The van der Waals surface area contributed by atoms with Gasteiger partial charge in [0.1, 0.15) is 17.3 Å². The van der Waals surface area contributed by atoms with Gasteiger partial charge in [-0.3, -0.25) is 9.78 Å². The van der Waals surface area contributed by atoms with Crippen LogP contribution >= 0.6 is 12.2 Å². The maximum Gasteiger partial charge on any atom is 0.256 e. The number of nitrogens with one attached hydrogen (secondary N) is 3. The van der Waals surface area contributed by atoms with Crippen molar-refractivity contribution < 1.29 is 23.4 Å². The molecule has 1 aliphatic heterocycles. The lowest BCUT2D eigenvalue weighted by atomic mass is 10.1. The SMILES string of the molecule is COCCOc1cnccc1CNC1=C(C(=S)Nc2cccc(F)c2OC)C(=O)NCC1. The predicted octanol–water partition coefficient (Wildman–Crippen LogP) is 2.56. The summed E-state index contributed by atoms with van der Waals surface area (Å²) >= 11 is 5.49. The van der Waals surface area contributed by atoms with Gasteiger partial charge in [0.05, 0.1) is 31.2 Å². The van der Waals surface area contributed by atoms with Crippen LogP contribution in [0.5, 0.6) is 11.5 Å². The minimum Gasteiger partial charge on any atom is -0.492 e. The van der Waals surface area contributed by atoms with Gasteiger partial charge in [-0.25, -0.2) is 4.39 Å². The van der Waals surface area contributed by atoms with E-state index in [0.29, 0.717) is 55.4 Å². The topological polar surface area (TPSA) is 93.7 Å². The van der Waals surface area contributed by atoms with Gasteiger partial charge >= 0.3 is 0 Å². The lowest BCUT2D eigenvalue weighted by Gasteiger charge is -2.23. The van der Waals surface area contributed by atoms with E-state index in [0.717, 1.165) is 5.56 Å². The summed E-state index contributed by atoms with van der Waals surface area (Å²) in [5.74, 6) is -0.183. The van der Waals surface area contributed by atoms with Gasteiger partial charge in [-0.2, -0.15) is 0 Å². The molecule has 0 unspecified atom stereocenters. The number of amides is 1. The minimum atomic E-state index is -0.528. The summed E-state index contributed by atoms with van der Waals surface area (Å²) in [6.07, 6.45) is 3.87. The number of para-hydroxylation sites is 1. The smallest absolute Gasteiger partial charge is 0.256 e. The fourth-order valence-corrected chi connectivity index (χ4v) is 3.52. The zero-order chi connectivity index (χ0) is 22.9. The molecule has 32 heavy (non-hydrogen) atoms. The number of ether oxygens (including phenoxy) is 3. The summed E-state index contributed by atoms with van der Waals surface area (Å²) in [6.45, 7) is 1.74. The van der Waals surface area contributed by atoms with E-state index in [1.165, 1.54) is 19.2 Å². The van der Waals surface area contributed by atoms with E-state index in [9.17, 15) is 9.18 Å². The molecule has 1 aromatic carbocycles. The number of aromatic nitrogens is 1. The standard InChI is InChI=1S/C22H25FN4O4S/c1-29-10-11-31-18-13-24-8-6-14(18)12-26-16-7-9-25-21(28)19(16)22(32)27-17-5-3-4-15(23)20(17)30-2/h3-6,8,13,26H,7,9-12H2,1-2H3,(H,25,28)(H,27,32). The van der Waals surface area contributed by atoms with Crippen molar-refractivity contribution in [1.82, 2.24) is 15.6 Å². The molecule has 0 aliphatic carbocycles. The molecular formula is C22H25FN4O4S. The highest BCUT2D eigenvalue weighted by Crippen LogP contribution is 2.28. The van der Waals surface area contributed by atoms with Crippen LogP contribution in [0.4, 0.5) is 10.1 Å². The number of nitrogens with zero attached hydrogens (tertiary/aromatic N) is 1. The van der Waals surface area contributed by atoms with Gasteiger partial charge in [-0.1, -0.05) is 18.3 Å². The van der Waals surface area contributed by atoms with Gasteiger partial charge < -0.3 is 30.2 Å². The lowest BCUT2D eigenvalue weighted by molar-refractivity contribution is -0.117. The van der Waals surface area contributed by atoms with Crippen LogP contribution < -0.4 is 25.4 Å². The maximum atomic E-state index is 14.0. The van der Waals surface area contributed by atoms with Crippen LogP contribution in [0.1, 0.15) is 12.0 Å². The van der Waals surface area contributed by atoms with Crippen molar-refractivity contribution in [2.24, 2.45) is 0 Å². The Labute approximate surface area is 191 Å². The maximum absolute atomic E-state index is 14.0. The predicted molar refractivity (Wildman–Crippen MR) is 122 cm³/mol. The van der Waals surface area contributed by atoms with E-state index < -0.39 is 5.82 Å². The highest BCUT2D eigenvalue weighted by molar-refractivity contribution is 7.81. The van der Waals surface area contributed by atoms with E-state index in [1.807, 2.05) is 6.07 Å². The Bertz CT molecular complexity index is 1020. The molecule has 3 N–H and O–H groups in total. The largest absolute Gasteiger partial charge is 0.492 e. The quantitative estimate of drug-likeness (QED) is 0.368. The number of carbonyl (C=O) groups excluding carboxylic acids is 1. The Morgan fingerprint density at radius 1 is 1.28 bits per heavy atom. The Morgan fingerprint density at radius 3 is 2.91 bits per heavy atom. The number of hydrogen-bond acceptors (Lipinski definition) is 7. The normalized spacial score (nSPS) is 13.4. The Kier molecular flexibility index (Phi) is 8.34. The molecule has 0 spiro atoms. The average molecular weight is 461 g/mol. The summed E-state index contributed by atoms with van der Waals surface area (Å²) in [6, 6.07) is 6.29. The summed E-state index contributed by atoms with van der Waals surface area (Å²) < 4.78 is 29.9. The summed E-state index contributed by atoms with van der Waals surface area (Å²) in [7, 11) is 2.97. The molecule has 170 valence electrons. The second kappa shape index (κ2) is 11.4. The minimum absolute atomic E-state index is 0.0239. The number of rotatable bonds is 10. The van der Waals surface area contributed by atoms with Crippen LogP contribution in [-0.2, 0) is 16.1 Å². The molecule has 0 saturated carbocycles. The second-order valence-electron chi connectivity index (χ2n) is 6.81. The van der Waals surface area contributed by atoms with E-state index >= 15 is 0 Å². The number of carbonyl (C=O) groups is 1. The summed E-state index contributed by atoms with van der Waals surface area (Å²) in [5, 5.41) is 9.03. The first kappa shape index (κ1) is 23.4. The molecule has 2 aromatic rings. The van der Waals surface area contributed by atoms with Gasteiger partial charge in [0.2, 0.25) is 0 Å². The molecule has 0 bridgehead atoms. The fourth-order valence-electron chi connectivity index (χ4n) is 3.19. The lowest BCUT2D eigenvalue weighted by Crippen LogP contribution is -2.39. The zero-order valence-electron chi connectivity index (χ0n) is 17.9. The van der Waals surface area contributed by atoms with Crippen LogP contribution in [0.2, 0.25) is 0 Å². The molecule has 3 rings (SSSR count). The van der Waals surface area contributed by atoms with Crippen molar-refractivity contribution in [3.63, 3.8) is 0 Å². The number of benzene rings is 1. The molecule has 1 aromatic heterocycles. The first-order valence-electron chi connectivity index (χ1n) is 9.98. The monoisotopic (exact) mass is 460 g/mol. The molecule has 2 heterocycles. The van der Waals surface area contributed by atoms with E-state index in [1.54, 1.807) is 25.6 Å². The molecule has 0 saturated heterocycles. The first-order chi connectivity index (χ1) is 15.5. The van der Waals surface area contributed by atoms with Crippen molar-refractivity contribution in [2.75, 3.05) is 39.3 Å². The van der Waals surface area contributed by atoms with Crippen LogP contribution in [0.25, 0.3) is 0 Å². The molecule has 0 radical (unpaired) electrons. The third-order valence-corrected chi connectivity index (χ3v) is 5.05. The van der Waals surface area contributed by atoms with Crippen LogP contribution in [0.3, 0.4) is 0 Å². The zero-order valence-corrected chi connectivity index (χ0v) is 18.7. The third-order valence-electron chi connectivity index (χ3n) is 4.74. The molecule has 1 amide bonds. The van der Waals surface area contributed by atoms with Crippen molar-refractivity contribution in [3.05, 3.63) is 59.3 Å². The van der Waals surface area contributed by atoms with Gasteiger partial charge in [0, 0.05) is 44.1 Å². The number of methoxy groups -OCH3 is 2. The number of pyridine rings is 1. The fraction of sp³-hybridized carbons (Fsp3) is 0.318. The number of thiocarbonyl (C=S) groups is 1. The Hall–Kier alpha value is -3.24. The van der Waals surface area contributed by atoms with E-state index in [4.69, 9.17) is 26.4 Å². The Balaban J connectivity index is 1.79. The van der Waals surface area contributed by atoms with E-state index in [2.05, 4.69) is 20.9 Å². The molecule has 1 aliphatic rings. The summed E-state index contributed by atoms with van der Waals surface area (Å²) in [5.41, 5.74) is 2.19. The second-order valence-corrected chi connectivity index (χ2v) is 7.22. The first-order valence-corrected chi connectivity index (χ1v) is 10.4. The average Bonchev–Trinajstić information content (AvgIpc) is 2.78. The molecule has 10 heteroatoms. The highest BCUT2D eigenvalue weighted by Gasteiger charge is 2.25. The molecule has 8 nitrogen and oxygen atoms in total. The summed E-state index contributed by atoms with van der Waals surface area (Å²) in [4.78, 5) is 16.9. The van der Waals surface area contributed by atoms with Crippen molar-refractivity contribution in [1.29, 1.82) is 0 Å². The molecule has 0 fully saturated rings. The van der Waals surface area contributed by atoms with Crippen LogP contribution in [0.15, 0.2) is 47.9 Å². The van der Waals surface area contributed by atoms with Crippen LogP contribution in [0, 0.1) is 5.82 Å².